The van der Waals surface area contributed by atoms with Crippen LogP contribution in [0.5, 0.6) is 0 Å². The summed E-state index contributed by atoms with van der Waals surface area (Å²) in [6.45, 7) is 0. The van der Waals surface area contributed by atoms with Crippen molar-refractivity contribution in [3.8, 4) is 0 Å². The van der Waals surface area contributed by atoms with Gasteiger partial charge in [0.2, 0.25) is 17.8 Å². The van der Waals surface area contributed by atoms with Gasteiger partial charge in [-0.25, -0.2) is 0 Å². The van der Waals surface area contributed by atoms with E-state index in [2.05, 4.69) is 25.6 Å². The SMILES string of the molecule is Nc1nc(CSCC(=O)Nc2ccccc2Cl)nc(Nc2ccccc2)n1. The van der Waals surface area contributed by atoms with Crippen molar-refractivity contribution >= 4 is 52.5 Å². The van der Waals surface area contributed by atoms with E-state index in [4.69, 9.17) is 17.3 Å². The van der Waals surface area contributed by atoms with E-state index in [0.29, 0.717) is 28.2 Å². The van der Waals surface area contributed by atoms with Crippen molar-refractivity contribution in [2.24, 2.45) is 0 Å². The van der Waals surface area contributed by atoms with Crippen molar-refractivity contribution in [3.05, 3.63) is 65.4 Å². The zero-order valence-corrected chi connectivity index (χ0v) is 15.8. The molecule has 0 bridgehead atoms. The smallest absolute Gasteiger partial charge is 0.234 e. The fourth-order valence-corrected chi connectivity index (χ4v) is 3.05. The van der Waals surface area contributed by atoms with Gasteiger partial charge >= 0.3 is 0 Å². The molecule has 3 rings (SSSR count). The monoisotopic (exact) mass is 400 g/mol. The summed E-state index contributed by atoms with van der Waals surface area (Å²) in [5.74, 6) is 1.49. The number of anilines is 4. The van der Waals surface area contributed by atoms with Crippen molar-refractivity contribution in [2.45, 2.75) is 5.75 Å². The number of carbonyl (C=O) groups excluding carboxylic acids is 1. The van der Waals surface area contributed by atoms with E-state index in [1.54, 1.807) is 18.2 Å². The zero-order chi connectivity index (χ0) is 19.1. The molecule has 1 aromatic heterocycles. The van der Waals surface area contributed by atoms with Crippen molar-refractivity contribution in [1.82, 2.24) is 15.0 Å². The van der Waals surface area contributed by atoms with Gasteiger partial charge in [0.1, 0.15) is 5.82 Å². The number of nitrogens with two attached hydrogens (primary N) is 1. The van der Waals surface area contributed by atoms with Gasteiger partial charge in [-0.15, -0.1) is 11.8 Å². The number of nitrogens with zero attached hydrogens (tertiary/aromatic N) is 3. The summed E-state index contributed by atoms with van der Waals surface area (Å²) in [5, 5.41) is 6.35. The third-order valence-corrected chi connectivity index (χ3v) is 4.60. The summed E-state index contributed by atoms with van der Waals surface area (Å²) < 4.78 is 0. The van der Waals surface area contributed by atoms with E-state index in [-0.39, 0.29) is 17.6 Å². The molecule has 0 aliphatic carbocycles. The predicted molar refractivity (Wildman–Crippen MR) is 110 cm³/mol. The molecule has 27 heavy (non-hydrogen) atoms. The molecule has 4 N–H and O–H groups in total. The molecule has 0 aliphatic heterocycles. The van der Waals surface area contributed by atoms with Gasteiger partial charge in [-0.05, 0) is 24.3 Å². The van der Waals surface area contributed by atoms with Crippen LogP contribution in [0.25, 0.3) is 0 Å². The van der Waals surface area contributed by atoms with E-state index in [0.717, 1.165) is 5.69 Å². The molecule has 0 aliphatic rings. The highest BCUT2D eigenvalue weighted by Gasteiger charge is 2.09. The molecule has 1 heterocycles. The average Bonchev–Trinajstić information content (AvgIpc) is 2.64. The molecule has 138 valence electrons. The topological polar surface area (TPSA) is 106 Å². The van der Waals surface area contributed by atoms with Gasteiger partial charge in [-0.1, -0.05) is 41.9 Å². The van der Waals surface area contributed by atoms with E-state index < -0.39 is 0 Å². The minimum atomic E-state index is -0.155. The van der Waals surface area contributed by atoms with Gasteiger partial charge in [-0.2, -0.15) is 15.0 Å². The third-order valence-electron chi connectivity index (χ3n) is 3.34. The first-order chi connectivity index (χ1) is 13.1. The van der Waals surface area contributed by atoms with Crippen LogP contribution >= 0.6 is 23.4 Å². The van der Waals surface area contributed by atoms with Crippen LogP contribution in [0.1, 0.15) is 5.82 Å². The van der Waals surface area contributed by atoms with Gasteiger partial charge in [-0.3, -0.25) is 4.79 Å². The molecule has 3 aromatic rings. The van der Waals surface area contributed by atoms with Gasteiger partial charge in [0.05, 0.1) is 22.2 Å². The van der Waals surface area contributed by atoms with Gasteiger partial charge in [0.25, 0.3) is 0 Å². The van der Waals surface area contributed by atoms with Crippen LogP contribution in [0.2, 0.25) is 5.02 Å². The summed E-state index contributed by atoms with van der Waals surface area (Å²) in [6.07, 6.45) is 0. The van der Waals surface area contributed by atoms with Crippen LogP contribution in [-0.4, -0.2) is 26.6 Å². The number of benzene rings is 2. The lowest BCUT2D eigenvalue weighted by Crippen LogP contribution is -2.14. The summed E-state index contributed by atoms with van der Waals surface area (Å²) in [4.78, 5) is 24.6. The number of hydrogen-bond acceptors (Lipinski definition) is 7. The Morgan fingerprint density at radius 1 is 1.04 bits per heavy atom. The first-order valence-electron chi connectivity index (χ1n) is 8.05. The number of thioether (sulfide) groups is 1. The number of nitrogens with one attached hydrogen (secondary N) is 2. The van der Waals surface area contributed by atoms with Crippen molar-refractivity contribution in [1.29, 1.82) is 0 Å². The molecule has 0 radical (unpaired) electrons. The van der Waals surface area contributed by atoms with Crippen LogP contribution in [0.3, 0.4) is 0 Å². The number of para-hydroxylation sites is 2. The Hall–Kier alpha value is -2.84. The molecular weight excluding hydrogens is 384 g/mol. The molecule has 0 fully saturated rings. The highest BCUT2D eigenvalue weighted by Crippen LogP contribution is 2.21. The number of carbonyl (C=O) groups is 1. The molecule has 0 saturated heterocycles. The Bertz CT molecular complexity index is 925. The second kappa shape index (κ2) is 9.20. The summed E-state index contributed by atoms with van der Waals surface area (Å²) in [7, 11) is 0. The maximum atomic E-state index is 12.0. The predicted octanol–water partition coefficient (Wildman–Crippen LogP) is 3.72. The fraction of sp³-hybridized carbons (Fsp3) is 0.111. The lowest BCUT2D eigenvalue weighted by Gasteiger charge is -2.08. The van der Waals surface area contributed by atoms with E-state index in [9.17, 15) is 4.79 Å². The summed E-state index contributed by atoms with van der Waals surface area (Å²) >= 11 is 7.40. The molecule has 2 aromatic carbocycles. The number of rotatable bonds is 7. The standard InChI is InChI=1S/C18H17ClN6OS/c19-13-8-4-5-9-14(13)22-16(26)11-27-10-15-23-17(20)25-18(24-15)21-12-6-2-1-3-7-12/h1-9H,10-11H2,(H,22,26)(H3,20,21,23,24,25). The van der Waals surface area contributed by atoms with Crippen molar-refractivity contribution in [2.75, 3.05) is 22.1 Å². The molecule has 0 saturated carbocycles. The fourth-order valence-electron chi connectivity index (χ4n) is 2.19. The van der Waals surface area contributed by atoms with Gasteiger partial charge in [0.15, 0.2) is 0 Å². The Morgan fingerprint density at radius 2 is 1.78 bits per heavy atom. The first kappa shape index (κ1) is 18.9. The van der Waals surface area contributed by atoms with Crippen molar-refractivity contribution in [3.63, 3.8) is 0 Å². The number of amides is 1. The molecule has 1 amide bonds. The second-order valence-electron chi connectivity index (χ2n) is 5.45. The van der Waals surface area contributed by atoms with Gasteiger partial charge in [0, 0.05) is 5.69 Å². The number of aromatic nitrogens is 3. The van der Waals surface area contributed by atoms with Crippen LogP contribution in [0.4, 0.5) is 23.3 Å². The minimum Gasteiger partial charge on any atom is -0.368 e. The van der Waals surface area contributed by atoms with E-state index in [1.807, 2.05) is 36.4 Å². The third kappa shape index (κ3) is 5.83. The highest BCUT2D eigenvalue weighted by atomic mass is 35.5. The van der Waals surface area contributed by atoms with Crippen LogP contribution in [0, 0.1) is 0 Å². The summed E-state index contributed by atoms with van der Waals surface area (Å²) in [5.41, 5.74) is 7.19. The van der Waals surface area contributed by atoms with Crippen LogP contribution < -0.4 is 16.4 Å². The molecule has 0 unspecified atom stereocenters. The number of nitrogen functional groups attached to an aromatic ring is 1. The molecule has 7 nitrogen and oxygen atoms in total. The Morgan fingerprint density at radius 3 is 2.56 bits per heavy atom. The Labute approximate surface area is 165 Å². The quantitative estimate of drug-likeness (QED) is 0.554. The maximum absolute atomic E-state index is 12.0. The van der Waals surface area contributed by atoms with E-state index >= 15 is 0 Å². The number of halogens is 1. The molecule has 0 spiro atoms. The van der Waals surface area contributed by atoms with Crippen LogP contribution in [-0.2, 0) is 10.5 Å². The van der Waals surface area contributed by atoms with Gasteiger partial charge < -0.3 is 16.4 Å². The molecular formula is C18H17ClN6OS. The lowest BCUT2D eigenvalue weighted by molar-refractivity contribution is -0.113. The number of hydrogen-bond donors (Lipinski definition) is 3. The van der Waals surface area contributed by atoms with Crippen LogP contribution in [0.15, 0.2) is 54.6 Å². The second-order valence-corrected chi connectivity index (χ2v) is 6.84. The average molecular weight is 401 g/mol. The maximum Gasteiger partial charge on any atom is 0.234 e. The molecule has 0 atom stereocenters. The Balaban J connectivity index is 1.55. The first-order valence-corrected chi connectivity index (χ1v) is 9.58. The molecule has 9 heteroatoms. The largest absolute Gasteiger partial charge is 0.368 e. The van der Waals surface area contributed by atoms with E-state index in [1.165, 1.54) is 11.8 Å². The zero-order valence-electron chi connectivity index (χ0n) is 14.2. The summed E-state index contributed by atoms with van der Waals surface area (Å²) in [6, 6.07) is 16.6. The highest BCUT2D eigenvalue weighted by molar-refractivity contribution is 7.99. The van der Waals surface area contributed by atoms with Crippen molar-refractivity contribution < 1.29 is 4.79 Å². The minimum absolute atomic E-state index is 0.125. The Kier molecular flexibility index (Phi) is 6.45. The normalized spacial score (nSPS) is 10.4. The lowest BCUT2D eigenvalue weighted by atomic mass is 10.3.